The van der Waals surface area contributed by atoms with E-state index in [1.54, 1.807) is 28.2 Å². The molecule has 0 aliphatic rings. The molecular formula is C7H7N3S2. The van der Waals surface area contributed by atoms with Crippen LogP contribution in [0.3, 0.4) is 0 Å². The van der Waals surface area contributed by atoms with Gasteiger partial charge in [0.05, 0.1) is 16.1 Å². The standard InChI is InChI=1S/C7H7N3S2/c8-1-7-10-5(3-11-7)6-2-9-4-12-6/h2-4H,1,8H2. The van der Waals surface area contributed by atoms with Gasteiger partial charge in [0.1, 0.15) is 5.01 Å². The lowest BCUT2D eigenvalue weighted by molar-refractivity contribution is 1.04. The van der Waals surface area contributed by atoms with E-state index in [0.717, 1.165) is 15.6 Å². The van der Waals surface area contributed by atoms with Gasteiger partial charge in [-0.1, -0.05) is 0 Å². The van der Waals surface area contributed by atoms with Crippen LogP contribution in [0.1, 0.15) is 5.01 Å². The van der Waals surface area contributed by atoms with Crippen molar-refractivity contribution in [2.24, 2.45) is 5.73 Å². The Labute approximate surface area is 77.9 Å². The van der Waals surface area contributed by atoms with Gasteiger partial charge in [-0.15, -0.1) is 22.7 Å². The van der Waals surface area contributed by atoms with Crippen molar-refractivity contribution in [1.82, 2.24) is 9.97 Å². The summed E-state index contributed by atoms with van der Waals surface area (Å²) < 4.78 is 0. The number of rotatable bonds is 2. The Hall–Kier alpha value is -0.780. The first-order valence-electron chi connectivity index (χ1n) is 3.43. The van der Waals surface area contributed by atoms with E-state index in [4.69, 9.17) is 5.73 Å². The van der Waals surface area contributed by atoms with Gasteiger partial charge in [0.25, 0.3) is 0 Å². The highest BCUT2D eigenvalue weighted by molar-refractivity contribution is 7.14. The van der Waals surface area contributed by atoms with Crippen LogP contribution in [-0.2, 0) is 6.54 Å². The lowest BCUT2D eigenvalue weighted by Crippen LogP contribution is -1.94. The van der Waals surface area contributed by atoms with E-state index in [0.29, 0.717) is 6.54 Å². The molecule has 2 aromatic heterocycles. The van der Waals surface area contributed by atoms with Crippen molar-refractivity contribution in [1.29, 1.82) is 0 Å². The Bertz CT molecular complexity index is 352. The monoisotopic (exact) mass is 197 g/mol. The van der Waals surface area contributed by atoms with Crippen molar-refractivity contribution in [2.75, 3.05) is 0 Å². The fraction of sp³-hybridized carbons (Fsp3) is 0.143. The first kappa shape index (κ1) is 7.85. The van der Waals surface area contributed by atoms with Crippen LogP contribution < -0.4 is 5.73 Å². The van der Waals surface area contributed by atoms with Crippen molar-refractivity contribution in [2.45, 2.75) is 6.54 Å². The average molecular weight is 197 g/mol. The predicted molar refractivity (Wildman–Crippen MR) is 51.1 cm³/mol. The molecule has 0 bridgehead atoms. The van der Waals surface area contributed by atoms with Gasteiger partial charge in [0.15, 0.2) is 0 Å². The molecule has 12 heavy (non-hydrogen) atoms. The van der Waals surface area contributed by atoms with Gasteiger partial charge in [-0.3, -0.25) is 4.98 Å². The molecule has 0 unspecified atom stereocenters. The van der Waals surface area contributed by atoms with Crippen molar-refractivity contribution in [3.05, 3.63) is 22.1 Å². The van der Waals surface area contributed by atoms with Gasteiger partial charge in [-0.05, 0) is 0 Å². The SMILES string of the molecule is NCc1nc(-c2cncs2)cs1. The third-order valence-electron chi connectivity index (χ3n) is 1.41. The van der Waals surface area contributed by atoms with Gasteiger partial charge in [0, 0.05) is 18.1 Å². The van der Waals surface area contributed by atoms with E-state index in [1.807, 2.05) is 11.6 Å². The van der Waals surface area contributed by atoms with Crippen LogP contribution >= 0.6 is 22.7 Å². The molecule has 0 saturated carbocycles. The molecule has 0 aliphatic heterocycles. The third kappa shape index (κ3) is 1.38. The highest BCUT2D eigenvalue weighted by Crippen LogP contribution is 2.24. The molecule has 2 heterocycles. The van der Waals surface area contributed by atoms with E-state index in [-0.39, 0.29) is 0 Å². The average Bonchev–Trinajstić information content (AvgIpc) is 2.75. The summed E-state index contributed by atoms with van der Waals surface area (Å²) in [4.78, 5) is 9.42. The maximum atomic E-state index is 5.45. The topological polar surface area (TPSA) is 51.8 Å². The van der Waals surface area contributed by atoms with Gasteiger partial charge < -0.3 is 5.73 Å². The number of thiazole rings is 2. The Kier molecular flexibility index (Phi) is 2.16. The summed E-state index contributed by atoms with van der Waals surface area (Å²) in [5.74, 6) is 0. The van der Waals surface area contributed by atoms with Gasteiger partial charge in [-0.2, -0.15) is 0 Å². The summed E-state index contributed by atoms with van der Waals surface area (Å²) in [7, 11) is 0. The minimum Gasteiger partial charge on any atom is -0.325 e. The molecule has 62 valence electrons. The Morgan fingerprint density at radius 1 is 1.42 bits per heavy atom. The number of aromatic nitrogens is 2. The molecule has 2 aromatic rings. The van der Waals surface area contributed by atoms with Gasteiger partial charge >= 0.3 is 0 Å². The van der Waals surface area contributed by atoms with Crippen LogP contribution in [-0.4, -0.2) is 9.97 Å². The predicted octanol–water partition coefficient (Wildman–Crippen LogP) is 1.73. The summed E-state index contributed by atoms with van der Waals surface area (Å²) in [6.45, 7) is 0.517. The molecular weight excluding hydrogens is 190 g/mol. The maximum Gasteiger partial charge on any atom is 0.107 e. The van der Waals surface area contributed by atoms with Gasteiger partial charge in [-0.25, -0.2) is 4.98 Å². The molecule has 3 nitrogen and oxygen atoms in total. The first-order valence-corrected chi connectivity index (χ1v) is 5.19. The lowest BCUT2D eigenvalue weighted by atomic mass is 10.4. The third-order valence-corrected chi connectivity index (χ3v) is 3.08. The van der Waals surface area contributed by atoms with Gasteiger partial charge in [0.2, 0.25) is 0 Å². The number of hydrogen-bond donors (Lipinski definition) is 1. The van der Waals surface area contributed by atoms with Crippen LogP contribution in [0.4, 0.5) is 0 Å². The summed E-state index contributed by atoms with van der Waals surface area (Å²) in [6, 6.07) is 0. The molecule has 0 aliphatic carbocycles. The molecule has 5 heteroatoms. The van der Waals surface area contributed by atoms with Crippen molar-refractivity contribution in [3.8, 4) is 10.6 Å². The largest absolute Gasteiger partial charge is 0.325 e. The Morgan fingerprint density at radius 3 is 2.92 bits per heavy atom. The van der Waals surface area contributed by atoms with Crippen molar-refractivity contribution in [3.63, 3.8) is 0 Å². The lowest BCUT2D eigenvalue weighted by Gasteiger charge is -1.85. The molecule has 0 amide bonds. The van der Waals surface area contributed by atoms with Crippen LogP contribution in [0, 0.1) is 0 Å². The minimum absolute atomic E-state index is 0.517. The summed E-state index contributed by atoms with van der Waals surface area (Å²) in [6.07, 6.45) is 1.82. The molecule has 0 spiro atoms. The minimum atomic E-state index is 0.517. The zero-order valence-corrected chi connectivity index (χ0v) is 7.86. The van der Waals surface area contributed by atoms with Crippen LogP contribution in [0.5, 0.6) is 0 Å². The summed E-state index contributed by atoms with van der Waals surface area (Å²) in [5.41, 5.74) is 8.24. The number of hydrogen-bond acceptors (Lipinski definition) is 5. The summed E-state index contributed by atoms with van der Waals surface area (Å²) in [5, 5.41) is 2.98. The number of nitrogens with two attached hydrogens (primary N) is 1. The van der Waals surface area contributed by atoms with E-state index < -0.39 is 0 Å². The second kappa shape index (κ2) is 3.30. The maximum absolute atomic E-state index is 5.45. The molecule has 2 N–H and O–H groups in total. The van der Waals surface area contributed by atoms with E-state index in [9.17, 15) is 0 Å². The Morgan fingerprint density at radius 2 is 2.33 bits per heavy atom. The summed E-state index contributed by atoms with van der Waals surface area (Å²) >= 11 is 3.18. The molecule has 0 saturated heterocycles. The van der Waals surface area contributed by atoms with E-state index in [2.05, 4.69) is 9.97 Å². The normalized spacial score (nSPS) is 10.4. The van der Waals surface area contributed by atoms with Crippen LogP contribution in [0.25, 0.3) is 10.6 Å². The second-order valence-corrected chi connectivity index (χ2v) is 4.03. The fourth-order valence-corrected chi connectivity index (χ4v) is 2.19. The smallest absolute Gasteiger partial charge is 0.107 e. The molecule has 0 aromatic carbocycles. The molecule has 0 radical (unpaired) electrons. The Balaban J connectivity index is 2.35. The fourth-order valence-electron chi connectivity index (χ4n) is 0.860. The highest BCUT2D eigenvalue weighted by atomic mass is 32.1. The van der Waals surface area contributed by atoms with Crippen molar-refractivity contribution < 1.29 is 0 Å². The first-order chi connectivity index (χ1) is 5.90. The molecule has 0 atom stereocenters. The number of nitrogens with zero attached hydrogens (tertiary/aromatic N) is 2. The highest BCUT2D eigenvalue weighted by Gasteiger charge is 2.03. The molecule has 0 fully saturated rings. The van der Waals surface area contributed by atoms with Crippen LogP contribution in [0.2, 0.25) is 0 Å². The van der Waals surface area contributed by atoms with E-state index >= 15 is 0 Å². The zero-order chi connectivity index (χ0) is 8.39. The quantitative estimate of drug-likeness (QED) is 0.797. The van der Waals surface area contributed by atoms with Crippen LogP contribution in [0.15, 0.2) is 17.1 Å². The second-order valence-electron chi connectivity index (χ2n) is 2.20. The zero-order valence-electron chi connectivity index (χ0n) is 6.23. The molecule has 2 rings (SSSR count). The van der Waals surface area contributed by atoms with E-state index in [1.165, 1.54) is 0 Å². The van der Waals surface area contributed by atoms with Crippen molar-refractivity contribution >= 4 is 22.7 Å².